The molecule has 1 aliphatic heterocycles. The molecular weight excluding hydrogens is 332 g/mol. The van der Waals surface area contributed by atoms with E-state index in [2.05, 4.69) is 27.6 Å². The van der Waals surface area contributed by atoms with Crippen molar-refractivity contribution in [3.05, 3.63) is 29.8 Å². The minimum absolute atomic E-state index is 0.0691. The number of carbonyl (C=O) groups is 1. The van der Waals surface area contributed by atoms with Gasteiger partial charge in [0.2, 0.25) is 0 Å². The predicted molar refractivity (Wildman–Crippen MR) is 75.5 cm³/mol. The first-order valence-electron chi connectivity index (χ1n) is 6.45. The highest BCUT2D eigenvalue weighted by molar-refractivity contribution is 9.09. The molecular formula is C14H16BrF2NO2. The molecule has 2 rings (SSSR count). The van der Waals surface area contributed by atoms with Crippen LogP contribution >= 0.6 is 15.9 Å². The van der Waals surface area contributed by atoms with Crippen molar-refractivity contribution < 1.29 is 18.3 Å². The fourth-order valence-electron chi connectivity index (χ4n) is 2.49. The normalized spacial score (nSPS) is 22.4. The molecule has 6 heteroatoms. The predicted octanol–water partition coefficient (Wildman–Crippen LogP) is 3.53. The van der Waals surface area contributed by atoms with Crippen LogP contribution in [0.3, 0.4) is 0 Å². The molecule has 1 saturated heterocycles. The van der Waals surface area contributed by atoms with Gasteiger partial charge in [0.1, 0.15) is 5.75 Å². The number of hydrogen-bond donors (Lipinski definition) is 0. The zero-order valence-corrected chi connectivity index (χ0v) is 12.6. The van der Waals surface area contributed by atoms with Gasteiger partial charge >= 0.3 is 6.61 Å². The van der Waals surface area contributed by atoms with Crippen LogP contribution in [0.5, 0.6) is 5.75 Å². The second-order valence-electron chi connectivity index (χ2n) is 4.86. The molecule has 20 heavy (non-hydrogen) atoms. The summed E-state index contributed by atoms with van der Waals surface area (Å²) >= 11 is 3.41. The molecule has 0 spiro atoms. The van der Waals surface area contributed by atoms with Crippen LogP contribution in [0.4, 0.5) is 8.78 Å². The number of amides is 1. The lowest BCUT2D eigenvalue weighted by Crippen LogP contribution is -2.38. The van der Waals surface area contributed by atoms with Gasteiger partial charge < -0.3 is 9.64 Å². The maximum absolute atomic E-state index is 12.5. The summed E-state index contributed by atoms with van der Waals surface area (Å²) in [6.07, 6.45) is 0.917. The van der Waals surface area contributed by atoms with E-state index in [1.54, 1.807) is 17.0 Å². The fraction of sp³-hybridized carbons (Fsp3) is 0.500. The molecule has 2 unspecified atom stereocenters. The number of para-hydroxylation sites is 1. The highest BCUT2D eigenvalue weighted by Gasteiger charge is 2.35. The number of benzene rings is 1. The number of ether oxygens (including phenoxy) is 1. The van der Waals surface area contributed by atoms with Crippen LogP contribution in [0, 0.1) is 5.92 Å². The van der Waals surface area contributed by atoms with Crippen LogP contribution in [-0.4, -0.2) is 35.3 Å². The van der Waals surface area contributed by atoms with Gasteiger partial charge in [0.15, 0.2) is 0 Å². The van der Waals surface area contributed by atoms with Crippen LogP contribution in [0.1, 0.15) is 23.7 Å². The Balaban J connectivity index is 2.25. The van der Waals surface area contributed by atoms with E-state index in [4.69, 9.17) is 0 Å². The van der Waals surface area contributed by atoms with Crippen molar-refractivity contribution in [3.63, 3.8) is 0 Å². The first-order valence-corrected chi connectivity index (χ1v) is 7.57. The van der Waals surface area contributed by atoms with E-state index >= 15 is 0 Å². The lowest BCUT2D eigenvalue weighted by atomic mass is 10.0. The molecule has 0 aliphatic carbocycles. The van der Waals surface area contributed by atoms with Crippen molar-refractivity contribution in [2.75, 3.05) is 11.9 Å². The molecule has 1 aliphatic rings. The quantitative estimate of drug-likeness (QED) is 0.779. The average Bonchev–Trinajstić information content (AvgIpc) is 2.79. The molecule has 1 aromatic carbocycles. The Bertz CT molecular complexity index is 484. The van der Waals surface area contributed by atoms with Gasteiger partial charge in [-0.3, -0.25) is 4.79 Å². The summed E-state index contributed by atoms with van der Waals surface area (Å²) in [6.45, 7) is -0.214. The van der Waals surface area contributed by atoms with Crippen LogP contribution in [-0.2, 0) is 0 Å². The lowest BCUT2D eigenvalue weighted by Gasteiger charge is -2.26. The summed E-state index contributed by atoms with van der Waals surface area (Å²) in [5.41, 5.74) is 0.188. The second-order valence-corrected chi connectivity index (χ2v) is 5.51. The maximum atomic E-state index is 12.5. The second kappa shape index (κ2) is 6.52. The molecule has 2 atom stereocenters. The Morgan fingerprint density at radius 1 is 1.50 bits per heavy atom. The largest absolute Gasteiger partial charge is 0.434 e. The Morgan fingerprint density at radius 3 is 2.85 bits per heavy atom. The van der Waals surface area contributed by atoms with Gasteiger partial charge in [-0.1, -0.05) is 35.0 Å². The fourth-order valence-corrected chi connectivity index (χ4v) is 3.48. The number of rotatable bonds is 4. The van der Waals surface area contributed by atoms with Crippen molar-refractivity contribution in [1.29, 1.82) is 0 Å². The van der Waals surface area contributed by atoms with Gasteiger partial charge in [-0.2, -0.15) is 8.78 Å². The summed E-state index contributed by atoms with van der Waals surface area (Å²) < 4.78 is 29.2. The monoisotopic (exact) mass is 347 g/mol. The molecule has 1 fully saturated rings. The molecule has 0 aromatic heterocycles. The Morgan fingerprint density at radius 2 is 2.20 bits per heavy atom. The summed E-state index contributed by atoms with van der Waals surface area (Å²) in [5.74, 6) is 0.0666. The summed E-state index contributed by atoms with van der Waals surface area (Å²) in [4.78, 5) is 14.3. The van der Waals surface area contributed by atoms with E-state index in [0.717, 1.165) is 6.42 Å². The van der Waals surface area contributed by atoms with Gasteiger partial charge in [0.05, 0.1) is 5.56 Å². The zero-order chi connectivity index (χ0) is 14.7. The summed E-state index contributed by atoms with van der Waals surface area (Å²) in [5, 5.41) is 0.678. The summed E-state index contributed by atoms with van der Waals surface area (Å²) in [7, 11) is 0. The molecule has 1 amide bonds. The van der Waals surface area contributed by atoms with Gasteiger partial charge in [-0.05, 0) is 24.5 Å². The average molecular weight is 348 g/mol. The Kier molecular flexibility index (Phi) is 4.96. The molecule has 0 saturated carbocycles. The van der Waals surface area contributed by atoms with Crippen molar-refractivity contribution in [2.45, 2.75) is 26.0 Å². The SMILES string of the molecule is CC1CCN(C(=O)c2ccccc2OC(F)F)C1CBr. The third kappa shape index (κ3) is 3.11. The number of halogens is 3. The highest BCUT2D eigenvalue weighted by atomic mass is 79.9. The van der Waals surface area contributed by atoms with Crippen LogP contribution in [0.2, 0.25) is 0 Å². The van der Waals surface area contributed by atoms with Crippen LogP contribution in [0.15, 0.2) is 24.3 Å². The molecule has 0 bridgehead atoms. The van der Waals surface area contributed by atoms with E-state index in [1.807, 2.05) is 0 Å². The summed E-state index contributed by atoms with van der Waals surface area (Å²) in [6, 6.07) is 6.22. The third-order valence-corrected chi connectivity index (χ3v) is 4.30. The number of likely N-dealkylation sites (tertiary alicyclic amines) is 1. The number of carbonyl (C=O) groups excluding carboxylic acids is 1. The van der Waals surface area contributed by atoms with Crippen LogP contribution < -0.4 is 4.74 Å². The van der Waals surface area contributed by atoms with Gasteiger partial charge in [0.25, 0.3) is 5.91 Å². The smallest absolute Gasteiger partial charge is 0.387 e. The first-order chi connectivity index (χ1) is 9.54. The number of alkyl halides is 3. The maximum Gasteiger partial charge on any atom is 0.387 e. The van der Waals surface area contributed by atoms with Gasteiger partial charge in [-0.25, -0.2) is 0 Å². The van der Waals surface area contributed by atoms with E-state index in [0.29, 0.717) is 17.8 Å². The molecule has 0 radical (unpaired) electrons. The lowest BCUT2D eigenvalue weighted by molar-refractivity contribution is -0.0502. The highest BCUT2D eigenvalue weighted by Crippen LogP contribution is 2.29. The zero-order valence-electron chi connectivity index (χ0n) is 11.1. The van der Waals surface area contributed by atoms with Gasteiger partial charge in [0, 0.05) is 17.9 Å². The van der Waals surface area contributed by atoms with Crippen molar-refractivity contribution >= 4 is 21.8 Å². The van der Waals surface area contributed by atoms with E-state index in [9.17, 15) is 13.6 Å². The topological polar surface area (TPSA) is 29.5 Å². The van der Waals surface area contributed by atoms with E-state index < -0.39 is 6.61 Å². The minimum Gasteiger partial charge on any atom is -0.434 e. The number of nitrogens with zero attached hydrogens (tertiary/aromatic N) is 1. The van der Waals surface area contributed by atoms with Crippen molar-refractivity contribution in [1.82, 2.24) is 4.90 Å². The van der Waals surface area contributed by atoms with Gasteiger partial charge in [-0.15, -0.1) is 0 Å². The van der Waals surface area contributed by atoms with Crippen molar-refractivity contribution in [3.8, 4) is 5.75 Å². The molecule has 1 heterocycles. The molecule has 1 aromatic rings. The molecule has 0 N–H and O–H groups in total. The Hall–Kier alpha value is -1.17. The minimum atomic E-state index is -2.94. The van der Waals surface area contributed by atoms with E-state index in [-0.39, 0.29) is 23.3 Å². The first kappa shape index (κ1) is 15.2. The van der Waals surface area contributed by atoms with E-state index in [1.165, 1.54) is 12.1 Å². The Labute approximate surface area is 125 Å². The standard InChI is InChI=1S/C14H16BrF2NO2/c1-9-6-7-18(11(9)8-15)13(19)10-4-2-3-5-12(10)20-14(16)17/h2-5,9,11,14H,6-8H2,1H3. The molecule has 110 valence electrons. The van der Waals surface area contributed by atoms with Crippen molar-refractivity contribution in [2.24, 2.45) is 5.92 Å². The van der Waals surface area contributed by atoms with Crippen LogP contribution in [0.25, 0.3) is 0 Å². The molecule has 3 nitrogen and oxygen atoms in total. The third-order valence-electron chi connectivity index (χ3n) is 3.64. The number of hydrogen-bond acceptors (Lipinski definition) is 2.